The number of hydrogen-bond donors (Lipinski definition) is 1. The molecule has 2 heterocycles. The van der Waals surface area contributed by atoms with Crippen LogP contribution in [0.3, 0.4) is 0 Å². The zero-order valence-electron chi connectivity index (χ0n) is 14.0. The van der Waals surface area contributed by atoms with E-state index < -0.39 is 5.97 Å². The first-order chi connectivity index (χ1) is 11.5. The molecular formula is C19H21NO4. The van der Waals surface area contributed by atoms with Crippen molar-refractivity contribution in [3.8, 4) is 5.75 Å². The third-order valence-electron chi connectivity index (χ3n) is 4.42. The molecule has 0 atom stereocenters. The maximum absolute atomic E-state index is 12.7. The number of aromatic hydroxyl groups is 1. The molecule has 3 rings (SSSR count). The lowest BCUT2D eigenvalue weighted by Gasteiger charge is -2.15. The average molecular weight is 327 g/mol. The number of nitrogens with zero attached hydrogens (tertiary/aromatic N) is 1. The maximum Gasteiger partial charge on any atom is 0.343 e. The normalized spacial score (nSPS) is 12.9. The number of hydrogen-bond acceptors (Lipinski definition) is 4. The Bertz CT molecular complexity index is 834. The zero-order valence-corrected chi connectivity index (χ0v) is 14.0. The van der Waals surface area contributed by atoms with Crippen molar-refractivity contribution in [2.45, 2.75) is 39.7 Å². The first-order valence-corrected chi connectivity index (χ1v) is 8.23. The summed E-state index contributed by atoms with van der Waals surface area (Å²) in [6.45, 7) is 4.51. The van der Waals surface area contributed by atoms with Crippen LogP contribution in [0.25, 0.3) is 0 Å². The van der Waals surface area contributed by atoms with Gasteiger partial charge in [-0.2, -0.15) is 0 Å². The highest BCUT2D eigenvalue weighted by Crippen LogP contribution is 2.29. The average Bonchev–Trinajstić information content (AvgIpc) is 3.03. The summed E-state index contributed by atoms with van der Waals surface area (Å²) in [7, 11) is 0. The standard InChI is InChI=1S/C19H21NO4/c1-3-24-19(23)16-15-5-4-10-20(15)18(22)14(17(16)21)11-13-8-6-12(2)7-9-13/h6-9,21H,3-5,10-11H2,1-2H3. The Morgan fingerprint density at radius 3 is 2.67 bits per heavy atom. The van der Waals surface area contributed by atoms with Crippen LogP contribution in [0, 0.1) is 6.92 Å². The lowest BCUT2D eigenvalue weighted by molar-refractivity contribution is 0.0520. The summed E-state index contributed by atoms with van der Waals surface area (Å²) in [4.78, 5) is 25.0. The van der Waals surface area contributed by atoms with Crippen molar-refractivity contribution in [1.82, 2.24) is 4.57 Å². The van der Waals surface area contributed by atoms with E-state index in [2.05, 4.69) is 0 Å². The van der Waals surface area contributed by atoms with Crippen LogP contribution in [0.4, 0.5) is 0 Å². The highest BCUT2D eigenvalue weighted by molar-refractivity contribution is 5.94. The van der Waals surface area contributed by atoms with Crippen molar-refractivity contribution in [2.75, 3.05) is 6.61 Å². The Morgan fingerprint density at radius 1 is 1.29 bits per heavy atom. The fraction of sp³-hybridized carbons (Fsp3) is 0.368. The fourth-order valence-corrected chi connectivity index (χ4v) is 3.20. The summed E-state index contributed by atoms with van der Waals surface area (Å²) in [5, 5.41) is 10.6. The van der Waals surface area contributed by atoms with Gasteiger partial charge in [-0.3, -0.25) is 4.79 Å². The van der Waals surface area contributed by atoms with Crippen LogP contribution in [0.15, 0.2) is 29.1 Å². The van der Waals surface area contributed by atoms with Crippen molar-refractivity contribution in [3.05, 3.63) is 62.6 Å². The Balaban J connectivity index is 2.12. The topological polar surface area (TPSA) is 68.5 Å². The highest BCUT2D eigenvalue weighted by Gasteiger charge is 2.29. The van der Waals surface area contributed by atoms with E-state index in [0.29, 0.717) is 18.7 Å². The molecule has 5 nitrogen and oxygen atoms in total. The molecule has 1 aromatic carbocycles. The molecular weight excluding hydrogens is 306 g/mol. The fourth-order valence-electron chi connectivity index (χ4n) is 3.20. The molecule has 0 bridgehead atoms. The molecule has 0 aliphatic carbocycles. The minimum absolute atomic E-state index is 0.149. The third kappa shape index (κ3) is 2.82. The summed E-state index contributed by atoms with van der Waals surface area (Å²) >= 11 is 0. The summed E-state index contributed by atoms with van der Waals surface area (Å²) in [6, 6.07) is 7.78. The van der Waals surface area contributed by atoms with Gasteiger partial charge in [0.2, 0.25) is 0 Å². The first kappa shape index (κ1) is 16.3. The van der Waals surface area contributed by atoms with Gasteiger partial charge in [0.1, 0.15) is 11.3 Å². The number of aryl methyl sites for hydroxylation is 1. The molecule has 0 unspecified atom stereocenters. The van der Waals surface area contributed by atoms with Gasteiger partial charge in [-0.1, -0.05) is 29.8 Å². The maximum atomic E-state index is 12.7. The first-order valence-electron chi connectivity index (χ1n) is 8.23. The Kier molecular flexibility index (Phi) is 4.42. The monoisotopic (exact) mass is 327 g/mol. The predicted molar refractivity (Wildman–Crippen MR) is 90.6 cm³/mol. The molecule has 2 aromatic rings. The van der Waals surface area contributed by atoms with Gasteiger partial charge < -0.3 is 14.4 Å². The summed E-state index contributed by atoms with van der Waals surface area (Å²) < 4.78 is 6.69. The molecule has 1 aliphatic heterocycles. The summed E-state index contributed by atoms with van der Waals surface area (Å²) in [6.07, 6.45) is 1.68. The Morgan fingerprint density at radius 2 is 2.00 bits per heavy atom. The molecule has 1 aromatic heterocycles. The number of carbonyl (C=O) groups is 1. The SMILES string of the molecule is CCOC(=O)c1c(O)c(Cc2ccc(C)cc2)c(=O)n2c1CCC2. The third-order valence-corrected chi connectivity index (χ3v) is 4.42. The summed E-state index contributed by atoms with van der Waals surface area (Å²) in [5.74, 6) is -0.794. The lowest BCUT2D eigenvalue weighted by Crippen LogP contribution is -2.27. The van der Waals surface area contributed by atoms with Crippen LogP contribution >= 0.6 is 0 Å². The van der Waals surface area contributed by atoms with E-state index in [9.17, 15) is 14.7 Å². The van der Waals surface area contributed by atoms with Crippen molar-refractivity contribution in [2.24, 2.45) is 0 Å². The number of benzene rings is 1. The quantitative estimate of drug-likeness (QED) is 0.877. The van der Waals surface area contributed by atoms with Gasteiger partial charge in [-0.05, 0) is 32.3 Å². The molecule has 0 saturated heterocycles. The smallest absolute Gasteiger partial charge is 0.343 e. The van der Waals surface area contributed by atoms with Gasteiger partial charge in [0.05, 0.1) is 12.2 Å². The molecule has 1 aliphatic rings. The highest BCUT2D eigenvalue weighted by atomic mass is 16.5. The van der Waals surface area contributed by atoms with Crippen molar-refractivity contribution < 1.29 is 14.6 Å². The molecule has 0 saturated carbocycles. The van der Waals surface area contributed by atoms with Crippen LogP contribution in [-0.4, -0.2) is 22.2 Å². The van der Waals surface area contributed by atoms with E-state index >= 15 is 0 Å². The summed E-state index contributed by atoms with van der Waals surface area (Å²) in [5.41, 5.74) is 2.82. The number of pyridine rings is 1. The van der Waals surface area contributed by atoms with E-state index in [-0.39, 0.29) is 35.5 Å². The number of carbonyl (C=O) groups excluding carboxylic acids is 1. The number of aromatic nitrogens is 1. The van der Waals surface area contributed by atoms with Crippen LogP contribution in [0.2, 0.25) is 0 Å². The largest absolute Gasteiger partial charge is 0.506 e. The molecule has 0 radical (unpaired) electrons. The zero-order chi connectivity index (χ0) is 17.3. The molecule has 0 fully saturated rings. The second-order valence-corrected chi connectivity index (χ2v) is 6.09. The molecule has 5 heteroatoms. The minimum atomic E-state index is -0.564. The second kappa shape index (κ2) is 6.51. The van der Waals surface area contributed by atoms with Crippen LogP contribution in [-0.2, 0) is 24.1 Å². The van der Waals surface area contributed by atoms with E-state index in [1.165, 1.54) is 0 Å². The van der Waals surface area contributed by atoms with Crippen LogP contribution in [0.5, 0.6) is 5.75 Å². The van der Waals surface area contributed by atoms with Crippen LogP contribution < -0.4 is 5.56 Å². The van der Waals surface area contributed by atoms with Gasteiger partial charge in [0.25, 0.3) is 5.56 Å². The number of esters is 1. The molecule has 24 heavy (non-hydrogen) atoms. The van der Waals surface area contributed by atoms with Crippen LogP contribution in [0.1, 0.15) is 46.1 Å². The van der Waals surface area contributed by atoms with E-state index in [1.54, 1.807) is 11.5 Å². The Hall–Kier alpha value is -2.56. The van der Waals surface area contributed by atoms with E-state index in [4.69, 9.17) is 4.74 Å². The van der Waals surface area contributed by atoms with Crippen molar-refractivity contribution >= 4 is 5.97 Å². The Labute approximate surface area is 140 Å². The van der Waals surface area contributed by atoms with Crippen molar-refractivity contribution in [3.63, 3.8) is 0 Å². The van der Waals surface area contributed by atoms with Gasteiger partial charge >= 0.3 is 5.97 Å². The number of fused-ring (bicyclic) bond motifs is 1. The molecule has 126 valence electrons. The lowest BCUT2D eigenvalue weighted by atomic mass is 10.0. The second-order valence-electron chi connectivity index (χ2n) is 6.09. The van der Waals surface area contributed by atoms with E-state index in [1.807, 2.05) is 31.2 Å². The molecule has 0 amide bonds. The van der Waals surface area contributed by atoms with E-state index in [0.717, 1.165) is 17.5 Å². The van der Waals surface area contributed by atoms with Gasteiger partial charge in [0.15, 0.2) is 0 Å². The van der Waals surface area contributed by atoms with Gasteiger partial charge in [-0.25, -0.2) is 4.79 Å². The van der Waals surface area contributed by atoms with Crippen molar-refractivity contribution in [1.29, 1.82) is 0 Å². The number of ether oxygens (including phenoxy) is 1. The van der Waals surface area contributed by atoms with Gasteiger partial charge in [-0.15, -0.1) is 0 Å². The molecule has 1 N–H and O–H groups in total. The minimum Gasteiger partial charge on any atom is -0.506 e. The number of rotatable bonds is 4. The molecule has 0 spiro atoms. The van der Waals surface area contributed by atoms with Gasteiger partial charge in [0, 0.05) is 18.7 Å². The predicted octanol–water partition coefficient (Wildman–Crippen LogP) is 2.58.